The van der Waals surface area contributed by atoms with Crippen molar-refractivity contribution in [2.24, 2.45) is 0 Å². The highest BCUT2D eigenvalue weighted by Crippen LogP contribution is 2.20. The van der Waals surface area contributed by atoms with Gasteiger partial charge in [-0.15, -0.1) is 0 Å². The molecule has 0 heterocycles. The minimum atomic E-state index is -0.0368. The lowest BCUT2D eigenvalue weighted by molar-refractivity contribution is 0.0962. The maximum absolute atomic E-state index is 11.6. The van der Waals surface area contributed by atoms with Crippen LogP contribution in [0.25, 0.3) is 0 Å². The maximum atomic E-state index is 11.6. The molecule has 1 atom stereocenters. The standard InChI is InChI=1S/C13H20N2O/c1-5-9(2)15-12-8-6-7-11(10(12)3)13(16)14-4/h6-9,15H,5H2,1-4H3,(H,14,16). The number of rotatable bonds is 4. The van der Waals surface area contributed by atoms with E-state index in [-0.39, 0.29) is 5.91 Å². The number of benzene rings is 1. The number of hydrogen-bond acceptors (Lipinski definition) is 2. The topological polar surface area (TPSA) is 41.1 Å². The van der Waals surface area contributed by atoms with E-state index in [4.69, 9.17) is 0 Å². The molecule has 3 heteroatoms. The van der Waals surface area contributed by atoms with Crippen molar-refractivity contribution in [1.29, 1.82) is 0 Å². The minimum absolute atomic E-state index is 0.0368. The second-order valence-corrected chi connectivity index (χ2v) is 4.01. The van der Waals surface area contributed by atoms with Crippen LogP contribution >= 0.6 is 0 Å². The Bertz CT molecular complexity index is 374. The first-order valence-corrected chi connectivity index (χ1v) is 5.68. The number of anilines is 1. The molecule has 0 radical (unpaired) electrons. The fourth-order valence-corrected chi connectivity index (χ4v) is 1.54. The van der Waals surface area contributed by atoms with Crippen LogP contribution < -0.4 is 10.6 Å². The maximum Gasteiger partial charge on any atom is 0.251 e. The molecule has 2 N–H and O–H groups in total. The minimum Gasteiger partial charge on any atom is -0.382 e. The second kappa shape index (κ2) is 5.54. The zero-order chi connectivity index (χ0) is 12.1. The highest BCUT2D eigenvalue weighted by Gasteiger charge is 2.10. The molecule has 0 bridgehead atoms. The lowest BCUT2D eigenvalue weighted by Crippen LogP contribution is -2.20. The SMILES string of the molecule is CCC(C)Nc1cccc(C(=O)NC)c1C. The number of carbonyl (C=O) groups is 1. The first kappa shape index (κ1) is 12.6. The number of amides is 1. The Balaban J connectivity index is 2.99. The van der Waals surface area contributed by atoms with Crippen LogP contribution in [0.4, 0.5) is 5.69 Å². The average Bonchev–Trinajstić information content (AvgIpc) is 2.30. The summed E-state index contributed by atoms with van der Waals surface area (Å²) in [6.07, 6.45) is 1.06. The largest absolute Gasteiger partial charge is 0.382 e. The van der Waals surface area contributed by atoms with Crippen molar-refractivity contribution in [3.05, 3.63) is 29.3 Å². The van der Waals surface area contributed by atoms with Gasteiger partial charge in [0.15, 0.2) is 0 Å². The summed E-state index contributed by atoms with van der Waals surface area (Å²) < 4.78 is 0. The monoisotopic (exact) mass is 220 g/mol. The van der Waals surface area contributed by atoms with Crippen LogP contribution in [0.1, 0.15) is 36.2 Å². The predicted octanol–water partition coefficient (Wildman–Crippen LogP) is 2.57. The van der Waals surface area contributed by atoms with Crippen molar-refractivity contribution in [3.63, 3.8) is 0 Å². The molecule has 0 fully saturated rings. The van der Waals surface area contributed by atoms with E-state index in [1.165, 1.54) is 0 Å². The summed E-state index contributed by atoms with van der Waals surface area (Å²) >= 11 is 0. The highest BCUT2D eigenvalue weighted by molar-refractivity contribution is 5.96. The summed E-state index contributed by atoms with van der Waals surface area (Å²) in [5.41, 5.74) is 2.77. The van der Waals surface area contributed by atoms with Gasteiger partial charge in [0, 0.05) is 24.3 Å². The highest BCUT2D eigenvalue weighted by atomic mass is 16.1. The molecule has 0 aromatic heterocycles. The molecule has 16 heavy (non-hydrogen) atoms. The molecule has 1 aromatic carbocycles. The average molecular weight is 220 g/mol. The molecule has 3 nitrogen and oxygen atoms in total. The third-order valence-electron chi connectivity index (χ3n) is 2.82. The second-order valence-electron chi connectivity index (χ2n) is 4.01. The molecule has 1 rings (SSSR count). The third-order valence-corrected chi connectivity index (χ3v) is 2.82. The van der Waals surface area contributed by atoms with Gasteiger partial charge in [-0.3, -0.25) is 4.79 Å². The molecule has 1 aromatic rings. The van der Waals surface area contributed by atoms with Crippen molar-refractivity contribution in [3.8, 4) is 0 Å². The first-order chi connectivity index (χ1) is 7.60. The Morgan fingerprint density at radius 1 is 1.44 bits per heavy atom. The first-order valence-electron chi connectivity index (χ1n) is 5.68. The van der Waals surface area contributed by atoms with E-state index in [0.29, 0.717) is 6.04 Å². The Hall–Kier alpha value is -1.51. The molecule has 0 saturated carbocycles. The Labute approximate surface area is 97.2 Å². The van der Waals surface area contributed by atoms with E-state index in [1.807, 2.05) is 25.1 Å². The molecule has 88 valence electrons. The van der Waals surface area contributed by atoms with Crippen molar-refractivity contribution >= 4 is 11.6 Å². The van der Waals surface area contributed by atoms with Crippen LogP contribution in [0, 0.1) is 6.92 Å². The van der Waals surface area contributed by atoms with Gasteiger partial charge >= 0.3 is 0 Å². The van der Waals surface area contributed by atoms with E-state index < -0.39 is 0 Å². The third kappa shape index (κ3) is 2.75. The van der Waals surface area contributed by atoms with E-state index in [2.05, 4.69) is 24.5 Å². The number of nitrogens with one attached hydrogen (secondary N) is 2. The van der Waals surface area contributed by atoms with Crippen LogP contribution in [0.2, 0.25) is 0 Å². The van der Waals surface area contributed by atoms with Gasteiger partial charge in [-0.05, 0) is 38.0 Å². The van der Waals surface area contributed by atoms with Gasteiger partial charge in [-0.1, -0.05) is 13.0 Å². The van der Waals surface area contributed by atoms with Crippen LogP contribution in [0.3, 0.4) is 0 Å². The molecule has 0 aliphatic carbocycles. The fraction of sp³-hybridized carbons (Fsp3) is 0.462. The zero-order valence-corrected chi connectivity index (χ0v) is 10.4. The van der Waals surface area contributed by atoms with Gasteiger partial charge in [0.2, 0.25) is 0 Å². The van der Waals surface area contributed by atoms with Gasteiger partial charge < -0.3 is 10.6 Å². The van der Waals surface area contributed by atoms with Gasteiger partial charge in [0.05, 0.1) is 0 Å². The molecule has 0 aliphatic heterocycles. The van der Waals surface area contributed by atoms with E-state index >= 15 is 0 Å². The number of hydrogen-bond donors (Lipinski definition) is 2. The fourth-order valence-electron chi connectivity index (χ4n) is 1.54. The van der Waals surface area contributed by atoms with Crippen LogP contribution in [-0.2, 0) is 0 Å². The zero-order valence-electron chi connectivity index (χ0n) is 10.4. The molecule has 1 amide bonds. The van der Waals surface area contributed by atoms with E-state index in [9.17, 15) is 4.79 Å². The summed E-state index contributed by atoms with van der Waals surface area (Å²) in [7, 11) is 1.65. The van der Waals surface area contributed by atoms with Crippen LogP contribution in [0.15, 0.2) is 18.2 Å². The van der Waals surface area contributed by atoms with E-state index in [1.54, 1.807) is 7.05 Å². The van der Waals surface area contributed by atoms with Crippen LogP contribution in [-0.4, -0.2) is 19.0 Å². The molecular weight excluding hydrogens is 200 g/mol. The molecule has 0 saturated heterocycles. The number of carbonyl (C=O) groups excluding carboxylic acids is 1. The Kier molecular flexibility index (Phi) is 4.35. The van der Waals surface area contributed by atoms with Gasteiger partial charge in [-0.2, -0.15) is 0 Å². The van der Waals surface area contributed by atoms with Crippen LogP contribution in [0.5, 0.6) is 0 Å². The van der Waals surface area contributed by atoms with Gasteiger partial charge in [-0.25, -0.2) is 0 Å². The van der Waals surface area contributed by atoms with Gasteiger partial charge in [0.1, 0.15) is 0 Å². The van der Waals surface area contributed by atoms with Crippen molar-refractivity contribution < 1.29 is 4.79 Å². The lowest BCUT2D eigenvalue weighted by Gasteiger charge is -2.16. The Morgan fingerprint density at radius 3 is 2.69 bits per heavy atom. The Morgan fingerprint density at radius 2 is 2.12 bits per heavy atom. The predicted molar refractivity (Wildman–Crippen MR) is 67.9 cm³/mol. The molecule has 0 aliphatic rings. The van der Waals surface area contributed by atoms with Crippen molar-refractivity contribution in [2.45, 2.75) is 33.2 Å². The van der Waals surface area contributed by atoms with E-state index in [0.717, 1.165) is 23.2 Å². The molecule has 0 spiro atoms. The summed E-state index contributed by atoms with van der Waals surface area (Å²) in [6, 6.07) is 6.17. The normalized spacial score (nSPS) is 12.0. The summed E-state index contributed by atoms with van der Waals surface area (Å²) in [6.45, 7) is 6.23. The molecule has 1 unspecified atom stereocenters. The summed E-state index contributed by atoms with van der Waals surface area (Å²) in [4.78, 5) is 11.6. The smallest absolute Gasteiger partial charge is 0.251 e. The van der Waals surface area contributed by atoms with Crippen molar-refractivity contribution in [1.82, 2.24) is 5.32 Å². The summed E-state index contributed by atoms with van der Waals surface area (Å²) in [5, 5.41) is 6.05. The lowest BCUT2D eigenvalue weighted by atomic mass is 10.1. The molecular formula is C13H20N2O. The summed E-state index contributed by atoms with van der Waals surface area (Å²) in [5.74, 6) is -0.0368. The van der Waals surface area contributed by atoms with Gasteiger partial charge in [0.25, 0.3) is 5.91 Å². The quantitative estimate of drug-likeness (QED) is 0.818. The van der Waals surface area contributed by atoms with Crippen molar-refractivity contribution in [2.75, 3.05) is 12.4 Å².